The van der Waals surface area contributed by atoms with Gasteiger partial charge in [0.15, 0.2) is 11.5 Å². The summed E-state index contributed by atoms with van der Waals surface area (Å²) >= 11 is 0. The van der Waals surface area contributed by atoms with Crippen LogP contribution in [0.2, 0.25) is 0 Å². The second-order valence-corrected chi connectivity index (χ2v) is 7.47. The average molecular weight is 413 g/mol. The van der Waals surface area contributed by atoms with Crippen LogP contribution >= 0.6 is 0 Å². The molecule has 0 spiro atoms. The van der Waals surface area contributed by atoms with Gasteiger partial charge in [-0.15, -0.1) is 0 Å². The third-order valence-electron chi connectivity index (χ3n) is 3.93. The molecule has 9 nitrogen and oxygen atoms in total. The Morgan fingerprint density at radius 2 is 1.61 bits per heavy atom. The van der Waals surface area contributed by atoms with Gasteiger partial charge in [0.1, 0.15) is 23.4 Å². The lowest BCUT2D eigenvalue weighted by Crippen LogP contribution is -2.22. The van der Waals surface area contributed by atoms with Gasteiger partial charge >= 0.3 is 0 Å². The first-order valence-corrected chi connectivity index (χ1v) is 9.76. The summed E-state index contributed by atoms with van der Waals surface area (Å²) in [7, 11) is 1.50. The number of sulfonamides is 1. The summed E-state index contributed by atoms with van der Waals surface area (Å²) in [5, 5.41) is 20.4. The van der Waals surface area contributed by atoms with E-state index in [0.29, 0.717) is 5.75 Å². The summed E-state index contributed by atoms with van der Waals surface area (Å²) in [6.07, 6.45) is -1.46. The molecular weight excluding hydrogens is 390 g/mol. The minimum Gasteiger partial charge on any atom is -0.504 e. The van der Waals surface area contributed by atoms with Crippen molar-refractivity contribution >= 4 is 15.7 Å². The zero-order valence-corrected chi connectivity index (χ0v) is 16.7. The topological polar surface area (TPSA) is 124 Å². The molecular formula is C18H23NO8S. The van der Waals surface area contributed by atoms with Crippen molar-refractivity contribution in [3.63, 3.8) is 0 Å². The minimum absolute atomic E-state index is 0.0276. The van der Waals surface area contributed by atoms with Crippen LogP contribution in [-0.4, -0.2) is 52.8 Å². The van der Waals surface area contributed by atoms with E-state index < -0.39 is 21.9 Å². The van der Waals surface area contributed by atoms with Crippen molar-refractivity contribution in [1.82, 2.24) is 0 Å². The summed E-state index contributed by atoms with van der Waals surface area (Å²) in [6.45, 7) is 0. The summed E-state index contributed by atoms with van der Waals surface area (Å²) in [5.41, 5.74) is 0.211. The van der Waals surface area contributed by atoms with Gasteiger partial charge in [-0.1, -0.05) is 6.07 Å². The fraction of sp³-hybridized carbons (Fsp3) is 0.333. The highest BCUT2D eigenvalue weighted by atomic mass is 32.2. The van der Waals surface area contributed by atoms with Crippen LogP contribution in [-0.2, 0) is 10.0 Å². The fourth-order valence-electron chi connectivity index (χ4n) is 2.68. The zero-order valence-electron chi connectivity index (χ0n) is 15.9. The lowest BCUT2D eigenvalue weighted by molar-refractivity contribution is 0.191. The number of phenolic OH excluding ortho intramolecular Hbond substituents is 1. The number of methoxy groups -OCH3 is 4. The van der Waals surface area contributed by atoms with Gasteiger partial charge in [0.25, 0.3) is 0 Å². The number of hydrogen-bond acceptors (Lipinski definition) is 8. The maximum atomic E-state index is 12.6. The van der Waals surface area contributed by atoms with Crippen LogP contribution in [0.5, 0.6) is 28.7 Å². The Balaban J connectivity index is 2.34. The smallest absolute Gasteiger partial charge is 0.235 e. The predicted octanol–water partition coefficient (Wildman–Crippen LogP) is 1.90. The highest BCUT2D eigenvalue weighted by Crippen LogP contribution is 2.39. The maximum Gasteiger partial charge on any atom is 0.235 e. The summed E-state index contributed by atoms with van der Waals surface area (Å²) in [4.78, 5) is 0. The number of benzene rings is 2. The summed E-state index contributed by atoms with van der Waals surface area (Å²) in [6, 6.07) is 7.27. The van der Waals surface area contributed by atoms with Gasteiger partial charge in [0.2, 0.25) is 10.0 Å². The van der Waals surface area contributed by atoms with Crippen molar-refractivity contribution in [1.29, 1.82) is 0 Å². The molecule has 0 saturated heterocycles. The van der Waals surface area contributed by atoms with Crippen LogP contribution in [0.4, 0.5) is 5.69 Å². The minimum atomic E-state index is -4.03. The molecule has 28 heavy (non-hydrogen) atoms. The molecule has 1 atom stereocenters. The van der Waals surface area contributed by atoms with Gasteiger partial charge in [0.05, 0.1) is 45.4 Å². The number of nitrogens with one attached hydrogen (secondary N) is 1. The fourth-order valence-corrected chi connectivity index (χ4v) is 3.84. The Labute approximate surface area is 163 Å². The van der Waals surface area contributed by atoms with Crippen LogP contribution in [0.15, 0.2) is 30.3 Å². The second kappa shape index (κ2) is 8.89. The van der Waals surface area contributed by atoms with Crippen molar-refractivity contribution in [2.75, 3.05) is 38.9 Å². The van der Waals surface area contributed by atoms with Gasteiger partial charge in [-0.2, -0.15) is 0 Å². The average Bonchev–Trinajstić information content (AvgIpc) is 2.66. The normalized spacial score (nSPS) is 12.2. The number of phenols is 1. The largest absolute Gasteiger partial charge is 0.504 e. The SMILES string of the molecule is COc1cc(OC)c(C(O)CS(=O)(=O)Nc2cccc(O)c2OC)c(OC)c1. The van der Waals surface area contributed by atoms with Crippen LogP contribution in [0, 0.1) is 0 Å². The molecule has 0 fully saturated rings. The number of aliphatic hydroxyl groups excluding tert-OH is 1. The number of aromatic hydroxyl groups is 1. The Kier molecular flexibility index (Phi) is 6.81. The molecule has 0 aliphatic heterocycles. The van der Waals surface area contributed by atoms with Gasteiger partial charge in [-0.25, -0.2) is 8.42 Å². The highest BCUT2D eigenvalue weighted by Gasteiger charge is 2.27. The second-order valence-electron chi connectivity index (χ2n) is 5.70. The molecule has 0 radical (unpaired) electrons. The Morgan fingerprint density at radius 3 is 2.11 bits per heavy atom. The van der Waals surface area contributed by atoms with Gasteiger partial charge < -0.3 is 29.2 Å². The molecule has 0 saturated carbocycles. The third kappa shape index (κ3) is 4.70. The van der Waals surface area contributed by atoms with E-state index in [-0.39, 0.29) is 34.2 Å². The molecule has 3 N–H and O–H groups in total. The van der Waals surface area contributed by atoms with E-state index in [1.165, 1.54) is 58.8 Å². The van der Waals surface area contributed by atoms with E-state index in [2.05, 4.69) is 4.72 Å². The van der Waals surface area contributed by atoms with E-state index in [9.17, 15) is 18.6 Å². The Morgan fingerprint density at radius 1 is 1.00 bits per heavy atom. The van der Waals surface area contributed by atoms with Crippen LogP contribution in [0.3, 0.4) is 0 Å². The monoisotopic (exact) mass is 413 g/mol. The number of ether oxygens (including phenoxy) is 4. The van der Waals surface area contributed by atoms with E-state index in [1.807, 2.05) is 0 Å². The molecule has 2 aromatic carbocycles. The lowest BCUT2D eigenvalue weighted by atomic mass is 10.1. The van der Waals surface area contributed by atoms with Crippen molar-refractivity contribution < 1.29 is 37.6 Å². The first-order valence-electron chi connectivity index (χ1n) is 8.10. The molecule has 10 heteroatoms. The summed E-state index contributed by atoms with van der Waals surface area (Å²) < 4.78 is 48.1. The van der Waals surface area contributed by atoms with Crippen LogP contribution in [0.25, 0.3) is 0 Å². The number of aliphatic hydroxyl groups is 1. The first-order chi connectivity index (χ1) is 13.3. The molecule has 0 aromatic heterocycles. The number of rotatable bonds is 9. The van der Waals surface area contributed by atoms with E-state index in [1.54, 1.807) is 0 Å². The standard InChI is InChI=1S/C18H23NO8S/c1-24-11-8-15(25-2)17(16(9-11)26-3)14(21)10-28(22,23)19-12-6-5-7-13(20)18(12)27-4/h5-9,14,19-21H,10H2,1-4H3. The van der Waals surface area contributed by atoms with E-state index >= 15 is 0 Å². The summed E-state index contributed by atoms with van der Waals surface area (Å²) in [5.74, 6) is -0.0788. The maximum absolute atomic E-state index is 12.6. The molecule has 0 heterocycles. The van der Waals surface area contributed by atoms with Crippen molar-refractivity contribution in [3.8, 4) is 28.7 Å². The molecule has 2 aromatic rings. The van der Waals surface area contributed by atoms with Crippen molar-refractivity contribution in [3.05, 3.63) is 35.9 Å². The Bertz CT molecular complexity index is 904. The van der Waals surface area contributed by atoms with Crippen LogP contribution in [0.1, 0.15) is 11.7 Å². The number of para-hydroxylation sites is 1. The highest BCUT2D eigenvalue weighted by molar-refractivity contribution is 7.92. The molecule has 2 rings (SSSR count). The molecule has 1 unspecified atom stereocenters. The Hall–Kier alpha value is -2.85. The van der Waals surface area contributed by atoms with Crippen molar-refractivity contribution in [2.24, 2.45) is 0 Å². The third-order valence-corrected chi connectivity index (χ3v) is 5.21. The first kappa shape index (κ1) is 21.5. The zero-order chi connectivity index (χ0) is 20.9. The molecule has 0 aliphatic rings. The lowest BCUT2D eigenvalue weighted by Gasteiger charge is -2.20. The van der Waals surface area contributed by atoms with E-state index in [0.717, 1.165) is 0 Å². The number of hydrogen-bond donors (Lipinski definition) is 3. The number of anilines is 1. The van der Waals surface area contributed by atoms with E-state index in [4.69, 9.17) is 18.9 Å². The molecule has 0 bridgehead atoms. The molecule has 0 amide bonds. The van der Waals surface area contributed by atoms with Gasteiger partial charge in [-0.05, 0) is 12.1 Å². The van der Waals surface area contributed by atoms with Gasteiger partial charge in [0, 0.05) is 12.1 Å². The van der Waals surface area contributed by atoms with Gasteiger partial charge in [-0.3, -0.25) is 4.72 Å². The molecule has 154 valence electrons. The van der Waals surface area contributed by atoms with Crippen molar-refractivity contribution in [2.45, 2.75) is 6.10 Å². The molecule has 0 aliphatic carbocycles. The quantitative estimate of drug-likeness (QED) is 0.570. The van der Waals surface area contributed by atoms with Crippen LogP contribution < -0.4 is 23.7 Å². The predicted molar refractivity (Wildman–Crippen MR) is 103 cm³/mol.